The lowest BCUT2D eigenvalue weighted by atomic mass is 10.1. The largest absolute Gasteiger partial charge is 0.466 e. The molecular weight excluding hydrogens is 214 g/mol. The van der Waals surface area contributed by atoms with Gasteiger partial charge in [-0.15, -0.1) is 0 Å². The van der Waals surface area contributed by atoms with Gasteiger partial charge in [-0.05, 0) is 13.8 Å². The Labute approximate surface area is 93.0 Å². The van der Waals surface area contributed by atoms with Gasteiger partial charge in [0, 0.05) is 24.6 Å². The standard InChI is InChI=1S/C9H15N3O2S/c1-9(2)5-10-3-7(14-9)4-13-8-11-6-12-15-8/h6-7,10H,3-5H2,1-2H3. The van der Waals surface area contributed by atoms with Crippen molar-refractivity contribution in [3.63, 3.8) is 0 Å². The second-order valence-electron chi connectivity index (χ2n) is 4.15. The molecule has 1 aliphatic heterocycles. The van der Waals surface area contributed by atoms with Crippen molar-refractivity contribution in [3.05, 3.63) is 6.33 Å². The molecule has 0 amide bonds. The first-order valence-electron chi connectivity index (χ1n) is 4.94. The van der Waals surface area contributed by atoms with Crippen molar-refractivity contribution in [2.24, 2.45) is 0 Å². The first-order valence-corrected chi connectivity index (χ1v) is 5.71. The number of nitrogens with one attached hydrogen (secondary N) is 1. The second-order valence-corrected chi connectivity index (χ2v) is 4.89. The van der Waals surface area contributed by atoms with E-state index in [1.54, 1.807) is 0 Å². The highest BCUT2D eigenvalue weighted by molar-refractivity contribution is 7.07. The molecule has 2 rings (SSSR count). The van der Waals surface area contributed by atoms with Gasteiger partial charge in [0.1, 0.15) is 19.0 Å². The summed E-state index contributed by atoms with van der Waals surface area (Å²) in [6.45, 7) is 6.35. The quantitative estimate of drug-likeness (QED) is 0.826. The first kappa shape index (κ1) is 10.8. The van der Waals surface area contributed by atoms with E-state index in [1.165, 1.54) is 17.9 Å². The predicted molar refractivity (Wildman–Crippen MR) is 57.2 cm³/mol. The summed E-state index contributed by atoms with van der Waals surface area (Å²) in [6, 6.07) is 0. The van der Waals surface area contributed by atoms with Crippen LogP contribution in [0.15, 0.2) is 6.33 Å². The van der Waals surface area contributed by atoms with Crippen LogP contribution in [0.2, 0.25) is 0 Å². The Morgan fingerprint density at radius 3 is 3.27 bits per heavy atom. The molecule has 0 radical (unpaired) electrons. The summed E-state index contributed by atoms with van der Waals surface area (Å²) >= 11 is 1.25. The summed E-state index contributed by atoms with van der Waals surface area (Å²) in [5.41, 5.74) is -0.118. The third-order valence-corrected chi connectivity index (χ3v) is 2.72. The highest BCUT2D eigenvalue weighted by Crippen LogP contribution is 2.17. The minimum absolute atomic E-state index is 0.0812. The van der Waals surface area contributed by atoms with E-state index in [0.717, 1.165) is 13.1 Å². The average Bonchev–Trinajstić information content (AvgIpc) is 2.65. The lowest BCUT2D eigenvalue weighted by Crippen LogP contribution is -2.52. The van der Waals surface area contributed by atoms with E-state index in [0.29, 0.717) is 11.8 Å². The Morgan fingerprint density at radius 1 is 1.73 bits per heavy atom. The van der Waals surface area contributed by atoms with Crippen molar-refractivity contribution >= 4 is 11.5 Å². The highest BCUT2D eigenvalue weighted by atomic mass is 32.1. The maximum absolute atomic E-state index is 5.84. The fourth-order valence-corrected chi connectivity index (χ4v) is 1.95. The van der Waals surface area contributed by atoms with Gasteiger partial charge >= 0.3 is 0 Å². The summed E-state index contributed by atoms with van der Waals surface area (Å²) < 4.78 is 15.2. The molecular formula is C9H15N3O2S. The molecule has 5 nitrogen and oxygen atoms in total. The first-order chi connectivity index (χ1) is 7.16. The minimum Gasteiger partial charge on any atom is -0.466 e. The van der Waals surface area contributed by atoms with Gasteiger partial charge in [0.2, 0.25) is 0 Å². The van der Waals surface area contributed by atoms with Crippen LogP contribution in [-0.4, -0.2) is 40.8 Å². The predicted octanol–water partition coefficient (Wildman–Crippen LogP) is 0.684. The normalized spacial score (nSPS) is 25.1. The van der Waals surface area contributed by atoms with Gasteiger partial charge in [0.15, 0.2) is 0 Å². The number of rotatable bonds is 3. The molecule has 1 N–H and O–H groups in total. The molecule has 6 heteroatoms. The van der Waals surface area contributed by atoms with Crippen LogP contribution >= 0.6 is 11.5 Å². The summed E-state index contributed by atoms with van der Waals surface area (Å²) in [6.07, 6.45) is 1.57. The smallest absolute Gasteiger partial charge is 0.293 e. The molecule has 0 spiro atoms. The molecule has 1 unspecified atom stereocenters. The zero-order valence-electron chi connectivity index (χ0n) is 8.90. The summed E-state index contributed by atoms with van der Waals surface area (Å²) in [4.78, 5) is 3.95. The molecule has 0 bridgehead atoms. The molecule has 2 heterocycles. The Morgan fingerprint density at radius 2 is 2.60 bits per heavy atom. The molecule has 84 valence electrons. The van der Waals surface area contributed by atoms with Gasteiger partial charge in [-0.3, -0.25) is 0 Å². The minimum atomic E-state index is -0.118. The van der Waals surface area contributed by atoms with Gasteiger partial charge in [0.25, 0.3) is 5.19 Å². The molecule has 15 heavy (non-hydrogen) atoms. The maximum Gasteiger partial charge on any atom is 0.293 e. The molecule has 1 saturated heterocycles. The number of morpholine rings is 1. The van der Waals surface area contributed by atoms with E-state index < -0.39 is 0 Å². The summed E-state index contributed by atoms with van der Waals surface area (Å²) in [5, 5.41) is 3.92. The van der Waals surface area contributed by atoms with E-state index in [-0.39, 0.29) is 11.7 Å². The highest BCUT2D eigenvalue weighted by Gasteiger charge is 2.28. The van der Waals surface area contributed by atoms with E-state index in [4.69, 9.17) is 9.47 Å². The van der Waals surface area contributed by atoms with Gasteiger partial charge < -0.3 is 14.8 Å². The van der Waals surface area contributed by atoms with Gasteiger partial charge in [0.05, 0.1) is 5.60 Å². The Bertz CT molecular complexity index is 302. The van der Waals surface area contributed by atoms with E-state index in [2.05, 4.69) is 28.5 Å². The number of hydrogen-bond donors (Lipinski definition) is 1. The molecule has 1 atom stereocenters. The van der Waals surface area contributed by atoms with Crippen LogP contribution in [0, 0.1) is 0 Å². The number of nitrogens with zero attached hydrogens (tertiary/aromatic N) is 2. The van der Waals surface area contributed by atoms with Crippen LogP contribution in [0.1, 0.15) is 13.8 Å². The van der Waals surface area contributed by atoms with Crippen LogP contribution in [0.3, 0.4) is 0 Å². The zero-order valence-corrected chi connectivity index (χ0v) is 9.71. The van der Waals surface area contributed by atoms with Crippen molar-refractivity contribution in [1.82, 2.24) is 14.7 Å². The Balaban J connectivity index is 1.80. The van der Waals surface area contributed by atoms with Gasteiger partial charge in [-0.25, -0.2) is 0 Å². The third kappa shape index (κ3) is 3.12. The van der Waals surface area contributed by atoms with Crippen LogP contribution in [0.25, 0.3) is 0 Å². The van der Waals surface area contributed by atoms with Crippen LogP contribution in [0.5, 0.6) is 5.19 Å². The molecule has 1 aromatic heterocycles. The monoisotopic (exact) mass is 229 g/mol. The number of ether oxygens (including phenoxy) is 2. The fraction of sp³-hybridized carbons (Fsp3) is 0.778. The molecule has 0 saturated carbocycles. The Hall–Kier alpha value is -0.720. The number of hydrogen-bond acceptors (Lipinski definition) is 6. The van der Waals surface area contributed by atoms with Crippen molar-refractivity contribution in [3.8, 4) is 5.19 Å². The van der Waals surface area contributed by atoms with Gasteiger partial charge in [-0.2, -0.15) is 9.36 Å². The Kier molecular flexibility index (Phi) is 3.18. The molecule has 0 aliphatic carbocycles. The molecule has 1 aromatic rings. The van der Waals surface area contributed by atoms with Crippen LogP contribution in [-0.2, 0) is 4.74 Å². The third-order valence-electron chi connectivity index (χ3n) is 2.14. The van der Waals surface area contributed by atoms with Gasteiger partial charge in [-0.1, -0.05) is 0 Å². The molecule has 1 aliphatic rings. The molecule has 0 aromatic carbocycles. The lowest BCUT2D eigenvalue weighted by molar-refractivity contribution is -0.107. The van der Waals surface area contributed by atoms with E-state index in [9.17, 15) is 0 Å². The summed E-state index contributed by atoms with van der Waals surface area (Å²) in [5.74, 6) is 0. The van der Waals surface area contributed by atoms with E-state index in [1.807, 2.05) is 0 Å². The summed E-state index contributed by atoms with van der Waals surface area (Å²) in [7, 11) is 0. The van der Waals surface area contributed by atoms with Crippen molar-refractivity contribution in [2.45, 2.75) is 25.6 Å². The SMILES string of the molecule is CC1(C)CNCC(COc2ncns2)O1. The second kappa shape index (κ2) is 4.42. The lowest BCUT2D eigenvalue weighted by Gasteiger charge is -2.36. The molecule has 1 fully saturated rings. The van der Waals surface area contributed by atoms with E-state index >= 15 is 0 Å². The average molecular weight is 229 g/mol. The number of aromatic nitrogens is 2. The van der Waals surface area contributed by atoms with Crippen LogP contribution < -0.4 is 10.1 Å². The fourth-order valence-electron chi connectivity index (χ4n) is 1.55. The maximum atomic E-state index is 5.84. The van der Waals surface area contributed by atoms with Crippen molar-refractivity contribution < 1.29 is 9.47 Å². The van der Waals surface area contributed by atoms with Crippen molar-refractivity contribution in [1.29, 1.82) is 0 Å². The van der Waals surface area contributed by atoms with Crippen LogP contribution in [0.4, 0.5) is 0 Å². The topological polar surface area (TPSA) is 56.3 Å². The zero-order chi connectivity index (χ0) is 10.7. The van der Waals surface area contributed by atoms with Crippen molar-refractivity contribution in [2.75, 3.05) is 19.7 Å².